The molecule has 1 atom stereocenters. The Hall–Kier alpha value is -1.39. The number of aryl methyl sites for hydroxylation is 1. The van der Waals surface area contributed by atoms with Gasteiger partial charge in [-0.3, -0.25) is 4.79 Å². The molecular formula is C17H27NO3. The first-order valence-corrected chi connectivity index (χ1v) is 7.55. The van der Waals surface area contributed by atoms with Gasteiger partial charge in [-0.2, -0.15) is 0 Å². The Labute approximate surface area is 127 Å². The van der Waals surface area contributed by atoms with Crippen LogP contribution in [0.15, 0.2) is 30.3 Å². The predicted molar refractivity (Wildman–Crippen MR) is 84.0 cm³/mol. The highest BCUT2D eigenvalue weighted by molar-refractivity contribution is 5.79. The standard InChI is InChI=1S/C17H27NO3/c1-17(18,16(19)20-2)12-6-7-13-21-14-8-11-15-9-4-3-5-10-15/h3-5,9-10H,6-8,11-14,18H2,1-2H3. The summed E-state index contributed by atoms with van der Waals surface area (Å²) >= 11 is 0. The molecule has 2 N–H and O–H groups in total. The van der Waals surface area contributed by atoms with Crippen molar-refractivity contribution in [1.29, 1.82) is 0 Å². The summed E-state index contributed by atoms with van der Waals surface area (Å²) in [6.07, 6.45) is 4.47. The number of rotatable bonds is 10. The Morgan fingerprint density at radius 1 is 1.14 bits per heavy atom. The van der Waals surface area contributed by atoms with Crippen LogP contribution in [0.1, 0.15) is 38.2 Å². The van der Waals surface area contributed by atoms with E-state index in [9.17, 15) is 4.79 Å². The molecule has 1 aromatic carbocycles. The zero-order chi connectivity index (χ0) is 15.6. The summed E-state index contributed by atoms with van der Waals surface area (Å²) in [5.74, 6) is -0.355. The Morgan fingerprint density at radius 2 is 1.81 bits per heavy atom. The fourth-order valence-electron chi connectivity index (χ4n) is 2.16. The van der Waals surface area contributed by atoms with Crippen molar-refractivity contribution in [2.24, 2.45) is 5.73 Å². The second-order valence-electron chi connectivity index (χ2n) is 5.57. The number of methoxy groups -OCH3 is 1. The van der Waals surface area contributed by atoms with Gasteiger partial charge < -0.3 is 15.2 Å². The van der Waals surface area contributed by atoms with E-state index in [0.29, 0.717) is 13.0 Å². The van der Waals surface area contributed by atoms with Gasteiger partial charge in [0, 0.05) is 13.2 Å². The van der Waals surface area contributed by atoms with Crippen molar-refractivity contribution in [1.82, 2.24) is 0 Å². The lowest BCUT2D eigenvalue weighted by Crippen LogP contribution is -2.45. The number of ether oxygens (including phenoxy) is 2. The number of esters is 1. The van der Waals surface area contributed by atoms with E-state index in [4.69, 9.17) is 10.5 Å². The number of benzene rings is 1. The number of hydrogen-bond acceptors (Lipinski definition) is 4. The summed E-state index contributed by atoms with van der Waals surface area (Å²) in [6, 6.07) is 10.4. The van der Waals surface area contributed by atoms with E-state index < -0.39 is 5.54 Å². The van der Waals surface area contributed by atoms with E-state index in [1.165, 1.54) is 12.7 Å². The molecule has 0 radical (unpaired) electrons. The second-order valence-corrected chi connectivity index (χ2v) is 5.57. The molecule has 0 saturated carbocycles. The van der Waals surface area contributed by atoms with Gasteiger partial charge in [-0.25, -0.2) is 0 Å². The van der Waals surface area contributed by atoms with E-state index in [1.807, 2.05) is 6.07 Å². The number of unbranched alkanes of at least 4 members (excludes halogenated alkanes) is 1. The molecule has 1 rings (SSSR count). The molecule has 0 bridgehead atoms. The molecule has 118 valence electrons. The molecule has 0 aliphatic heterocycles. The van der Waals surface area contributed by atoms with Crippen LogP contribution in [0.5, 0.6) is 0 Å². The van der Waals surface area contributed by atoms with Gasteiger partial charge in [0.15, 0.2) is 0 Å². The molecule has 0 heterocycles. The maximum atomic E-state index is 11.4. The summed E-state index contributed by atoms with van der Waals surface area (Å²) in [5, 5.41) is 0. The van der Waals surface area contributed by atoms with Crippen molar-refractivity contribution in [2.45, 2.75) is 44.6 Å². The lowest BCUT2D eigenvalue weighted by Gasteiger charge is -2.20. The topological polar surface area (TPSA) is 61.5 Å². The van der Waals surface area contributed by atoms with Crippen LogP contribution < -0.4 is 5.73 Å². The van der Waals surface area contributed by atoms with E-state index in [0.717, 1.165) is 32.3 Å². The highest BCUT2D eigenvalue weighted by Gasteiger charge is 2.28. The fraction of sp³-hybridized carbons (Fsp3) is 0.588. The van der Waals surface area contributed by atoms with E-state index in [1.54, 1.807) is 6.92 Å². The summed E-state index contributed by atoms with van der Waals surface area (Å²) in [7, 11) is 1.36. The van der Waals surface area contributed by atoms with Crippen LogP contribution in [-0.2, 0) is 20.7 Å². The summed E-state index contributed by atoms with van der Waals surface area (Å²) in [5.41, 5.74) is 6.34. The SMILES string of the molecule is COC(=O)C(C)(N)CCCCOCCCc1ccccc1. The van der Waals surface area contributed by atoms with Crippen molar-refractivity contribution in [2.75, 3.05) is 20.3 Å². The first-order valence-electron chi connectivity index (χ1n) is 7.55. The van der Waals surface area contributed by atoms with Crippen molar-refractivity contribution in [3.63, 3.8) is 0 Å². The van der Waals surface area contributed by atoms with Crippen LogP contribution in [0.3, 0.4) is 0 Å². The van der Waals surface area contributed by atoms with E-state index in [-0.39, 0.29) is 5.97 Å². The Kier molecular flexibility index (Phi) is 8.01. The van der Waals surface area contributed by atoms with Gasteiger partial charge in [-0.15, -0.1) is 0 Å². The third kappa shape index (κ3) is 7.25. The monoisotopic (exact) mass is 293 g/mol. The van der Waals surface area contributed by atoms with Gasteiger partial charge in [-0.05, 0) is 44.6 Å². The Bertz CT molecular complexity index is 404. The van der Waals surface area contributed by atoms with Crippen LogP contribution in [-0.4, -0.2) is 31.8 Å². The van der Waals surface area contributed by atoms with Crippen molar-refractivity contribution in [3.8, 4) is 0 Å². The van der Waals surface area contributed by atoms with E-state index >= 15 is 0 Å². The fourth-order valence-corrected chi connectivity index (χ4v) is 2.16. The average molecular weight is 293 g/mol. The maximum absolute atomic E-state index is 11.4. The minimum Gasteiger partial charge on any atom is -0.468 e. The lowest BCUT2D eigenvalue weighted by molar-refractivity contribution is -0.146. The zero-order valence-electron chi connectivity index (χ0n) is 13.1. The van der Waals surface area contributed by atoms with Crippen LogP contribution in [0, 0.1) is 0 Å². The molecule has 1 unspecified atom stereocenters. The second kappa shape index (κ2) is 9.53. The van der Waals surface area contributed by atoms with Crippen molar-refractivity contribution < 1.29 is 14.3 Å². The molecule has 0 aromatic heterocycles. The minimum atomic E-state index is -0.887. The molecule has 4 nitrogen and oxygen atoms in total. The molecule has 0 amide bonds. The molecule has 4 heteroatoms. The number of nitrogens with two attached hydrogens (primary N) is 1. The summed E-state index contributed by atoms with van der Waals surface area (Å²) in [6.45, 7) is 3.19. The van der Waals surface area contributed by atoms with E-state index in [2.05, 4.69) is 29.0 Å². The molecule has 0 saturated heterocycles. The molecular weight excluding hydrogens is 266 g/mol. The number of carbonyl (C=O) groups excluding carboxylic acids is 1. The van der Waals surface area contributed by atoms with Crippen LogP contribution in [0.2, 0.25) is 0 Å². The minimum absolute atomic E-state index is 0.355. The molecule has 1 aromatic rings. The Balaban J connectivity index is 1.99. The average Bonchev–Trinajstić information content (AvgIpc) is 2.50. The van der Waals surface area contributed by atoms with Gasteiger partial charge in [0.25, 0.3) is 0 Å². The van der Waals surface area contributed by atoms with Crippen LogP contribution in [0.4, 0.5) is 0 Å². The first kappa shape index (κ1) is 17.7. The van der Waals surface area contributed by atoms with Gasteiger partial charge in [0.05, 0.1) is 7.11 Å². The molecule has 0 fully saturated rings. The molecule has 0 spiro atoms. The van der Waals surface area contributed by atoms with Crippen molar-refractivity contribution in [3.05, 3.63) is 35.9 Å². The predicted octanol–water partition coefficient (Wildman–Crippen LogP) is 2.70. The smallest absolute Gasteiger partial charge is 0.325 e. The van der Waals surface area contributed by atoms with Crippen LogP contribution >= 0.6 is 0 Å². The third-order valence-electron chi connectivity index (χ3n) is 3.48. The first-order chi connectivity index (χ1) is 10.1. The number of hydrogen-bond donors (Lipinski definition) is 1. The van der Waals surface area contributed by atoms with Gasteiger partial charge in [0.2, 0.25) is 0 Å². The lowest BCUT2D eigenvalue weighted by atomic mass is 9.96. The number of carbonyl (C=O) groups is 1. The Morgan fingerprint density at radius 3 is 2.48 bits per heavy atom. The van der Waals surface area contributed by atoms with Crippen LogP contribution in [0.25, 0.3) is 0 Å². The van der Waals surface area contributed by atoms with Gasteiger partial charge >= 0.3 is 5.97 Å². The molecule has 0 aliphatic rings. The maximum Gasteiger partial charge on any atom is 0.325 e. The van der Waals surface area contributed by atoms with Gasteiger partial charge in [-0.1, -0.05) is 30.3 Å². The zero-order valence-corrected chi connectivity index (χ0v) is 13.1. The highest BCUT2D eigenvalue weighted by atomic mass is 16.5. The van der Waals surface area contributed by atoms with Gasteiger partial charge in [0.1, 0.15) is 5.54 Å². The van der Waals surface area contributed by atoms with Crippen molar-refractivity contribution >= 4 is 5.97 Å². The molecule has 0 aliphatic carbocycles. The summed E-state index contributed by atoms with van der Waals surface area (Å²) < 4.78 is 10.3. The normalized spacial score (nSPS) is 13.7. The highest BCUT2D eigenvalue weighted by Crippen LogP contribution is 2.12. The quantitative estimate of drug-likeness (QED) is 0.532. The molecule has 21 heavy (non-hydrogen) atoms. The largest absolute Gasteiger partial charge is 0.468 e. The summed E-state index contributed by atoms with van der Waals surface area (Å²) in [4.78, 5) is 11.4. The third-order valence-corrected chi connectivity index (χ3v) is 3.48.